The predicted octanol–water partition coefficient (Wildman–Crippen LogP) is 4.31. The maximum absolute atomic E-state index is 14.1. The van der Waals surface area contributed by atoms with Crippen molar-refractivity contribution in [3.8, 4) is 11.1 Å². The summed E-state index contributed by atoms with van der Waals surface area (Å²) in [7, 11) is 0. The molecule has 0 atom stereocenters. The molecule has 1 saturated carbocycles. The van der Waals surface area contributed by atoms with Crippen molar-refractivity contribution in [1.29, 1.82) is 0 Å². The smallest absolute Gasteiger partial charge is 0.153 e. The fraction of sp³-hybridized carbons (Fsp3) is 0.471. The Balaban J connectivity index is 1.88. The Labute approximate surface area is 124 Å². The average Bonchev–Trinajstić information content (AvgIpc) is 2.69. The molecule has 1 heterocycles. The SMILES string of the molecule is Nc1n[nH]c(CC2CCCCCC2)c1-c1ccccc1F. The molecule has 0 bridgehead atoms. The van der Waals surface area contributed by atoms with Crippen molar-refractivity contribution < 1.29 is 4.39 Å². The number of aromatic nitrogens is 2. The molecule has 21 heavy (non-hydrogen) atoms. The Kier molecular flexibility index (Phi) is 4.23. The summed E-state index contributed by atoms with van der Waals surface area (Å²) in [6, 6.07) is 6.77. The molecule has 1 aromatic heterocycles. The van der Waals surface area contributed by atoms with Gasteiger partial charge >= 0.3 is 0 Å². The normalized spacial score (nSPS) is 16.8. The zero-order valence-corrected chi connectivity index (χ0v) is 12.2. The van der Waals surface area contributed by atoms with Crippen LogP contribution in [0.1, 0.15) is 44.2 Å². The van der Waals surface area contributed by atoms with Crippen molar-refractivity contribution in [2.45, 2.75) is 44.9 Å². The summed E-state index contributed by atoms with van der Waals surface area (Å²) in [5, 5.41) is 7.13. The van der Waals surface area contributed by atoms with E-state index in [1.165, 1.54) is 44.6 Å². The Bertz CT molecular complexity index is 598. The molecule has 3 N–H and O–H groups in total. The minimum absolute atomic E-state index is 0.243. The van der Waals surface area contributed by atoms with Crippen molar-refractivity contribution in [1.82, 2.24) is 10.2 Å². The van der Waals surface area contributed by atoms with Gasteiger partial charge in [0.05, 0.1) is 0 Å². The molecule has 3 rings (SSSR count). The van der Waals surface area contributed by atoms with E-state index in [9.17, 15) is 4.39 Å². The third kappa shape index (κ3) is 3.09. The number of nitrogens with zero attached hydrogens (tertiary/aromatic N) is 1. The van der Waals surface area contributed by atoms with Gasteiger partial charge in [-0.2, -0.15) is 5.10 Å². The number of aromatic amines is 1. The van der Waals surface area contributed by atoms with E-state index < -0.39 is 0 Å². The molecule has 0 radical (unpaired) electrons. The lowest BCUT2D eigenvalue weighted by Gasteiger charge is -2.14. The van der Waals surface area contributed by atoms with Gasteiger partial charge in [-0.25, -0.2) is 4.39 Å². The fourth-order valence-electron chi connectivity index (χ4n) is 3.36. The van der Waals surface area contributed by atoms with E-state index in [4.69, 9.17) is 5.73 Å². The second-order valence-corrected chi connectivity index (χ2v) is 6.00. The molecule has 0 spiro atoms. The van der Waals surface area contributed by atoms with Crippen molar-refractivity contribution in [3.05, 3.63) is 35.8 Å². The monoisotopic (exact) mass is 287 g/mol. The maximum Gasteiger partial charge on any atom is 0.153 e. The largest absolute Gasteiger partial charge is 0.382 e. The second kappa shape index (κ2) is 6.29. The minimum Gasteiger partial charge on any atom is -0.382 e. The van der Waals surface area contributed by atoms with Crippen LogP contribution in [-0.4, -0.2) is 10.2 Å². The Morgan fingerprint density at radius 3 is 2.57 bits per heavy atom. The van der Waals surface area contributed by atoms with Crippen LogP contribution in [0.4, 0.5) is 10.2 Å². The lowest BCUT2D eigenvalue weighted by atomic mass is 9.92. The molecule has 1 aromatic carbocycles. The summed E-state index contributed by atoms with van der Waals surface area (Å²) < 4.78 is 14.1. The third-order valence-electron chi connectivity index (χ3n) is 4.48. The van der Waals surface area contributed by atoms with Crippen LogP contribution in [-0.2, 0) is 6.42 Å². The molecule has 3 nitrogen and oxygen atoms in total. The van der Waals surface area contributed by atoms with Gasteiger partial charge in [0, 0.05) is 16.8 Å². The van der Waals surface area contributed by atoms with Crippen LogP contribution in [0.15, 0.2) is 24.3 Å². The van der Waals surface area contributed by atoms with E-state index in [0.29, 0.717) is 17.3 Å². The van der Waals surface area contributed by atoms with Crippen molar-refractivity contribution in [2.24, 2.45) is 5.92 Å². The zero-order chi connectivity index (χ0) is 14.7. The minimum atomic E-state index is -0.243. The van der Waals surface area contributed by atoms with Gasteiger partial charge in [0.25, 0.3) is 0 Å². The van der Waals surface area contributed by atoms with E-state index in [1.54, 1.807) is 12.1 Å². The lowest BCUT2D eigenvalue weighted by molar-refractivity contribution is 0.453. The summed E-state index contributed by atoms with van der Waals surface area (Å²) in [6.07, 6.45) is 8.66. The van der Waals surface area contributed by atoms with Gasteiger partial charge in [0.1, 0.15) is 5.82 Å². The van der Waals surface area contributed by atoms with Crippen molar-refractivity contribution in [2.75, 3.05) is 5.73 Å². The molecule has 0 unspecified atom stereocenters. The fourth-order valence-corrected chi connectivity index (χ4v) is 3.36. The molecule has 112 valence electrons. The number of H-pyrrole nitrogens is 1. The van der Waals surface area contributed by atoms with Gasteiger partial charge < -0.3 is 5.73 Å². The summed E-state index contributed by atoms with van der Waals surface area (Å²) in [4.78, 5) is 0. The van der Waals surface area contributed by atoms with Crippen molar-refractivity contribution in [3.63, 3.8) is 0 Å². The first-order chi connectivity index (χ1) is 10.3. The predicted molar refractivity (Wildman–Crippen MR) is 83.3 cm³/mol. The number of anilines is 1. The van der Waals surface area contributed by atoms with E-state index >= 15 is 0 Å². The summed E-state index contributed by atoms with van der Waals surface area (Å²) >= 11 is 0. The molecule has 2 aromatic rings. The molecule has 1 aliphatic rings. The lowest BCUT2D eigenvalue weighted by Crippen LogP contribution is -2.05. The number of halogens is 1. The van der Waals surface area contributed by atoms with E-state index in [0.717, 1.165) is 17.7 Å². The standard InChI is InChI=1S/C17H22FN3/c18-14-10-6-5-9-13(14)16-15(20-21-17(16)19)11-12-7-3-1-2-4-8-12/h5-6,9-10,12H,1-4,7-8,11H2,(H3,19,20,21). The molecule has 0 saturated heterocycles. The number of benzene rings is 1. The molecule has 0 aliphatic heterocycles. The first-order valence-electron chi connectivity index (χ1n) is 7.83. The van der Waals surface area contributed by atoms with Crippen LogP contribution in [0.5, 0.6) is 0 Å². The summed E-state index contributed by atoms with van der Waals surface area (Å²) in [5.74, 6) is 0.800. The van der Waals surface area contributed by atoms with Crippen LogP contribution >= 0.6 is 0 Å². The number of hydrogen-bond acceptors (Lipinski definition) is 2. The summed E-state index contributed by atoms with van der Waals surface area (Å²) in [6.45, 7) is 0. The number of nitrogens with one attached hydrogen (secondary N) is 1. The van der Waals surface area contributed by atoms with Crippen molar-refractivity contribution >= 4 is 5.82 Å². The molecular weight excluding hydrogens is 265 g/mol. The van der Waals surface area contributed by atoms with Gasteiger partial charge in [-0.05, 0) is 18.4 Å². The number of nitrogens with two attached hydrogens (primary N) is 1. The quantitative estimate of drug-likeness (QED) is 0.826. The Morgan fingerprint density at radius 2 is 1.86 bits per heavy atom. The Hall–Kier alpha value is -1.84. The zero-order valence-electron chi connectivity index (χ0n) is 12.2. The molecular formula is C17H22FN3. The van der Waals surface area contributed by atoms with Crippen LogP contribution in [0.25, 0.3) is 11.1 Å². The highest BCUT2D eigenvalue weighted by atomic mass is 19.1. The maximum atomic E-state index is 14.1. The Morgan fingerprint density at radius 1 is 1.14 bits per heavy atom. The first-order valence-corrected chi connectivity index (χ1v) is 7.83. The average molecular weight is 287 g/mol. The highest BCUT2D eigenvalue weighted by molar-refractivity contribution is 5.76. The van der Waals surface area contributed by atoms with Crippen LogP contribution in [0.3, 0.4) is 0 Å². The van der Waals surface area contributed by atoms with E-state index in [1.807, 2.05) is 6.07 Å². The van der Waals surface area contributed by atoms with Crippen LogP contribution < -0.4 is 5.73 Å². The molecule has 1 aliphatic carbocycles. The van der Waals surface area contributed by atoms with Crippen LogP contribution in [0.2, 0.25) is 0 Å². The van der Waals surface area contributed by atoms with Gasteiger partial charge in [-0.15, -0.1) is 0 Å². The highest BCUT2D eigenvalue weighted by Gasteiger charge is 2.20. The topological polar surface area (TPSA) is 54.7 Å². The molecule has 1 fully saturated rings. The van der Waals surface area contributed by atoms with Crippen LogP contribution in [0, 0.1) is 11.7 Å². The second-order valence-electron chi connectivity index (χ2n) is 6.00. The first kappa shape index (κ1) is 14.1. The van der Waals surface area contributed by atoms with Gasteiger partial charge in [-0.1, -0.05) is 56.7 Å². The molecule has 0 amide bonds. The number of rotatable bonds is 3. The van der Waals surface area contributed by atoms with Gasteiger partial charge in [0.2, 0.25) is 0 Å². The van der Waals surface area contributed by atoms with Gasteiger partial charge in [-0.3, -0.25) is 5.10 Å². The van der Waals surface area contributed by atoms with E-state index in [2.05, 4.69) is 10.2 Å². The highest BCUT2D eigenvalue weighted by Crippen LogP contribution is 2.33. The van der Waals surface area contributed by atoms with E-state index in [-0.39, 0.29) is 5.82 Å². The summed E-state index contributed by atoms with van der Waals surface area (Å²) in [5.41, 5.74) is 8.24. The molecule has 4 heteroatoms. The number of nitrogen functional groups attached to an aromatic ring is 1. The third-order valence-corrected chi connectivity index (χ3v) is 4.48. The number of hydrogen-bond donors (Lipinski definition) is 2. The van der Waals surface area contributed by atoms with Gasteiger partial charge in [0.15, 0.2) is 5.82 Å².